The zero-order chi connectivity index (χ0) is 16.8. The summed E-state index contributed by atoms with van der Waals surface area (Å²) in [5.41, 5.74) is 1.30. The first-order valence-corrected chi connectivity index (χ1v) is 6.41. The van der Waals surface area contributed by atoms with Gasteiger partial charge in [-0.25, -0.2) is 9.78 Å². The van der Waals surface area contributed by atoms with E-state index in [1.165, 1.54) is 0 Å². The van der Waals surface area contributed by atoms with Crippen molar-refractivity contribution in [3.05, 3.63) is 47.4 Å². The molecule has 9 heteroatoms. The fraction of sp³-hybridized carbons (Fsp3) is 0.143. The molecule has 0 saturated carbocycles. The van der Waals surface area contributed by atoms with Crippen LogP contribution in [0, 0.1) is 6.92 Å². The van der Waals surface area contributed by atoms with E-state index < -0.39 is 29.4 Å². The van der Waals surface area contributed by atoms with Crippen molar-refractivity contribution < 1.29 is 23.1 Å². The molecule has 0 aliphatic rings. The number of fused-ring (bicyclic) bond motifs is 1. The van der Waals surface area contributed by atoms with Gasteiger partial charge >= 0.3 is 12.1 Å². The number of alkyl halides is 3. The molecule has 0 radical (unpaired) electrons. The van der Waals surface area contributed by atoms with Gasteiger partial charge in [-0.3, -0.25) is 0 Å². The van der Waals surface area contributed by atoms with Crippen molar-refractivity contribution in [2.75, 3.05) is 0 Å². The number of hydrogen-bond acceptors (Lipinski definition) is 4. The van der Waals surface area contributed by atoms with Crippen LogP contribution < -0.4 is 0 Å². The zero-order valence-corrected chi connectivity index (χ0v) is 11.7. The number of aromatic carboxylic acids is 1. The molecule has 0 amide bonds. The number of carboxylic acids is 1. The Labute approximate surface area is 127 Å². The lowest BCUT2D eigenvalue weighted by Crippen LogP contribution is -2.10. The Morgan fingerprint density at radius 3 is 2.39 bits per heavy atom. The molecule has 0 aliphatic heterocycles. The monoisotopic (exact) mass is 322 g/mol. The Balaban J connectivity index is 2.25. The first-order valence-electron chi connectivity index (χ1n) is 6.41. The number of aromatic nitrogens is 4. The summed E-state index contributed by atoms with van der Waals surface area (Å²) in [6.45, 7) is 1.87. The van der Waals surface area contributed by atoms with Gasteiger partial charge in [0.25, 0.3) is 11.6 Å². The average Bonchev–Trinajstić information content (AvgIpc) is 2.90. The van der Waals surface area contributed by atoms with E-state index in [1.807, 2.05) is 6.92 Å². The van der Waals surface area contributed by atoms with E-state index in [4.69, 9.17) is 0 Å². The third kappa shape index (κ3) is 2.72. The van der Waals surface area contributed by atoms with E-state index in [0.717, 1.165) is 11.6 Å². The summed E-state index contributed by atoms with van der Waals surface area (Å²) in [5.74, 6) is -3.29. The number of hydrogen-bond donors (Lipinski definition) is 1. The van der Waals surface area contributed by atoms with Gasteiger partial charge in [0, 0.05) is 5.56 Å². The van der Waals surface area contributed by atoms with Gasteiger partial charge in [0.2, 0.25) is 0 Å². The van der Waals surface area contributed by atoms with E-state index in [2.05, 4.69) is 15.1 Å². The fourth-order valence-electron chi connectivity index (χ4n) is 2.01. The van der Waals surface area contributed by atoms with Crippen LogP contribution >= 0.6 is 0 Å². The summed E-state index contributed by atoms with van der Waals surface area (Å²) < 4.78 is 38.7. The smallest absolute Gasteiger partial charge is 0.453 e. The second-order valence-electron chi connectivity index (χ2n) is 4.84. The molecular formula is C14H9F3N4O2. The lowest BCUT2D eigenvalue weighted by atomic mass is 10.1. The number of nitrogens with zero attached hydrogens (tertiary/aromatic N) is 4. The average molecular weight is 322 g/mol. The zero-order valence-electron chi connectivity index (χ0n) is 11.7. The molecule has 6 nitrogen and oxygen atoms in total. The lowest BCUT2D eigenvalue weighted by molar-refractivity contribution is -0.144. The van der Waals surface area contributed by atoms with Gasteiger partial charge in [-0.15, -0.1) is 5.10 Å². The van der Waals surface area contributed by atoms with Crippen molar-refractivity contribution in [2.45, 2.75) is 13.1 Å². The van der Waals surface area contributed by atoms with Crippen molar-refractivity contribution in [1.82, 2.24) is 19.6 Å². The second-order valence-corrected chi connectivity index (χ2v) is 4.84. The van der Waals surface area contributed by atoms with Crippen LogP contribution in [0.3, 0.4) is 0 Å². The molecule has 3 aromatic rings. The summed E-state index contributed by atoms with van der Waals surface area (Å²) >= 11 is 0. The van der Waals surface area contributed by atoms with Crippen molar-refractivity contribution >= 4 is 11.7 Å². The van der Waals surface area contributed by atoms with Crippen molar-refractivity contribution in [3.8, 4) is 11.3 Å². The van der Waals surface area contributed by atoms with Gasteiger partial charge in [0.05, 0.1) is 5.69 Å². The normalized spacial score (nSPS) is 11.8. The van der Waals surface area contributed by atoms with Crippen LogP contribution in [0.25, 0.3) is 17.0 Å². The second kappa shape index (κ2) is 5.04. The Bertz CT molecular complexity index is 901. The van der Waals surface area contributed by atoms with Gasteiger partial charge < -0.3 is 5.11 Å². The summed E-state index contributed by atoms with van der Waals surface area (Å²) in [6, 6.07) is 8.12. The molecule has 0 saturated heterocycles. The van der Waals surface area contributed by atoms with Crippen LogP contribution in [-0.4, -0.2) is 30.7 Å². The maximum Gasteiger partial charge on any atom is 0.453 e. The summed E-state index contributed by atoms with van der Waals surface area (Å²) in [4.78, 5) is 18.6. The van der Waals surface area contributed by atoms with E-state index >= 15 is 0 Å². The van der Waals surface area contributed by atoms with Gasteiger partial charge in [-0.1, -0.05) is 29.8 Å². The lowest BCUT2D eigenvalue weighted by Gasteiger charge is -2.04. The van der Waals surface area contributed by atoms with Crippen molar-refractivity contribution in [3.63, 3.8) is 0 Å². The quantitative estimate of drug-likeness (QED) is 0.785. The van der Waals surface area contributed by atoms with Crippen LogP contribution in [0.4, 0.5) is 13.2 Å². The molecule has 0 unspecified atom stereocenters. The van der Waals surface area contributed by atoms with Crippen LogP contribution in [0.15, 0.2) is 30.3 Å². The molecule has 3 rings (SSSR count). The SMILES string of the molecule is Cc1ccc(-c2cc(C(=O)O)n3nc(C(F)(F)F)nc3n2)cc1. The highest BCUT2D eigenvalue weighted by Crippen LogP contribution is 2.27. The molecule has 118 valence electrons. The maximum absolute atomic E-state index is 12.7. The van der Waals surface area contributed by atoms with Gasteiger partial charge in [0.1, 0.15) is 0 Å². The Morgan fingerprint density at radius 2 is 1.83 bits per heavy atom. The highest BCUT2D eigenvalue weighted by atomic mass is 19.4. The molecule has 0 spiro atoms. The molecular weight excluding hydrogens is 313 g/mol. The van der Waals surface area contributed by atoms with Gasteiger partial charge in [-0.05, 0) is 13.0 Å². The number of halogens is 3. The predicted octanol–water partition coefficient (Wildman–Crippen LogP) is 2.82. The number of benzene rings is 1. The first kappa shape index (κ1) is 14.9. The molecule has 1 aromatic carbocycles. The topological polar surface area (TPSA) is 80.4 Å². The van der Waals surface area contributed by atoms with E-state index in [-0.39, 0.29) is 5.69 Å². The van der Waals surface area contributed by atoms with E-state index in [1.54, 1.807) is 24.3 Å². The molecule has 0 atom stereocenters. The largest absolute Gasteiger partial charge is 0.477 e. The highest BCUT2D eigenvalue weighted by Gasteiger charge is 2.37. The number of aryl methyl sites for hydroxylation is 1. The standard InChI is InChI=1S/C14H9F3N4O2/c1-7-2-4-8(5-3-7)9-6-10(11(22)23)21-13(18-9)19-12(20-21)14(15,16)17/h2-6H,1H3,(H,22,23). The number of rotatable bonds is 2. The Morgan fingerprint density at radius 1 is 1.17 bits per heavy atom. The number of carboxylic acid groups (broad SMARTS) is 1. The van der Waals surface area contributed by atoms with E-state index in [0.29, 0.717) is 10.1 Å². The minimum atomic E-state index is -4.78. The fourth-order valence-corrected chi connectivity index (χ4v) is 2.01. The molecule has 1 N–H and O–H groups in total. The van der Waals surface area contributed by atoms with Gasteiger partial charge in [-0.2, -0.15) is 22.7 Å². The molecule has 2 aromatic heterocycles. The first-order chi connectivity index (χ1) is 10.8. The van der Waals surface area contributed by atoms with Crippen LogP contribution in [0.5, 0.6) is 0 Å². The third-order valence-corrected chi connectivity index (χ3v) is 3.13. The Hall–Kier alpha value is -2.97. The third-order valence-electron chi connectivity index (χ3n) is 3.13. The highest BCUT2D eigenvalue weighted by molar-refractivity contribution is 5.87. The van der Waals surface area contributed by atoms with Crippen LogP contribution in [0.1, 0.15) is 21.9 Å². The van der Waals surface area contributed by atoms with E-state index in [9.17, 15) is 23.1 Å². The van der Waals surface area contributed by atoms with Crippen LogP contribution in [0.2, 0.25) is 0 Å². The summed E-state index contributed by atoms with van der Waals surface area (Å²) in [6.07, 6.45) is -4.78. The van der Waals surface area contributed by atoms with Gasteiger partial charge in [0.15, 0.2) is 5.69 Å². The minimum absolute atomic E-state index is 0.205. The summed E-state index contributed by atoms with van der Waals surface area (Å²) in [5, 5.41) is 12.4. The predicted molar refractivity (Wildman–Crippen MR) is 72.9 cm³/mol. The molecule has 2 heterocycles. The molecule has 0 aliphatic carbocycles. The Kier molecular flexibility index (Phi) is 3.28. The van der Waals surface area contributed by atoms with Crippen molar-refractivity contribution in [1.29, 1.82) is 0 Å². The minimum Gasteiger partial charge on any atom is -0.477 e. The molecule has 0 bridgehead atoms. The van der Waals surface area contributed by atoms with Crippen LogP contribution in [-0.2, 0) is 6.18 Å². The molecule has 0 fully saturated rings. The number of carbonyl (C=O) groups is 1. The summed E-state index contributed by atoms with van der Waals surface area (Å²) in [7, 11) is 0. The maximum atomic E-state index is 12.7. The molecule has 23 heavy (non-hydrogen) atoms. The van der Waals surface area contributed by atoms with Crippen molar-refractivity contribution in [2.24, 2.45) is 0 Å².